The van der Waals surface area contributed by atoms with E-state index in [0.29, 0.717) is 43.0 Å². The normalized spacial score (nSPS) is 14.3. The van der Waals surface area contributed by atoms with E-state index in [-0.39, 0.29) is 24.8 Å². The third kappa shape index (κ3) is 5.18. The average Bonchev–Trinajstić information content (AvgIpc) is 2.70. The average molecular weight is 419 g/mol. The third-order valence-corrected chi connectivity index (χ3v) is 5.19. The monoisotopic (exact) mass is 419 g/mol. The maximum Gasteiger partial charge on any atom is 0.236 e. The molecular weight excluding hydrogens is 395 g/mol. The molecule has 3 rings (SSSR count). The van der Waals surface area contributed by atoms with Gasteiger partial charge in [0.1, 0.15) is 17.5 Å². The van der Waals surface area contributed by atoms with Gasteiger partial charge in [0.25, 0.3) is 0 Å². The highest BCUT2D eigenvalue weighted by Gasteiger charge is 2.24. The Balaban J connectivity index is 1.53. The molecule has 1 heterocycles. The van der Waals surface area contributed by atoms with E-state index in [1.165, 1.54) is 25.1 Å². The molecule has 0 saturated carbocycles. The van der Waals surface area contributed by atoms with Crippen LogP contribution in [-0.4, -0.2) is 61.3 Å². The van der Waals surface area contributed by atoms with Crippen LogP contribution in [0.3, 0.4) is 0 Å². The highest BCUT2D eigenvalue weighted by molar-refractivity contribution is 5.94. The Hall–Kier alpha value is -2.87. The second kappa shape index (κ2) is 9.30. The Morgan fingerprint density at radius 2 is 1.67 bits per heavy atom. The zero-order chi connectivity index (χ0) is 21.8. The van der Waals surface area contributed by atoms with Crippen molar-refractivity contribution in [3.8, 4) is 0 Å². The van der Waals surface area contributed by atoms with Crippen LogP contribution in [0.1, 0.15) is 22.8 Å². The van der Waals surface area contributed by atoms with E-state index in [2.05, 4.69) is 0 Å². The molecule has 0 aliphatic carbocycles. The molecule has 0 radical (unpaired) electrons. The number of piperazine rings is 1. The second-order valence-corrected chi connectivity index (χ2v) is 7.50. The summed E-state index contributed by atoms with van der Waals surface area (Å²) < 4.78 is 41.2. The van der Waals surface area contributed by atoms with E-state index >= 15 is 0 Å². The molecule has 0 N–H and O–H groups in total. The van der Waals surface area contributed by atoms with Gasteiger partial charge in [0, 0.05) is 49.9 Å². The van der Waals surface area contributed by atoms with Crippen molar-refractivity contribution >= 4 is 17.4 Å². The molecule has 1 aliphatic rings. The van der Waals surface area contributed by atoms with E-state index in [0.717, 1.165) is 6.07 Å². The Labute approximate surface area is 173 Å². The first-order chi connectivity index (χ1) is 14.2. The van der Waals surface area contributed by atoms with Gasteiger partial charge in [-0.15, -0.1) is 0 Å². The van der Waals surface area contributed by atoms with Crippen LogP contribution in [0.2, 0.25) is 0 Å². The molecule has 1 fully saturated rings. The van der Waals surface area contributed by atoms with Crippen molar-refractivity contribution in [2.24, 2.45) is 0 Å². The molecule has 30 heavy (non-hydrogen) atoms. The summed E-state index contributed by atoms with van der Waals surface area (Å²) in [7, 11) is 1.70. The fourth-order valence-electron chi connectivity index (χ4n) is 3.51. The number of Topliss-reactive ketones (excluding diaryl/α,β-unsaturated/α-hetero) is 1. The molecule has 2 aromatic rings. The first-order valence-electron chi connectivity index (χ1n) is 9.70. The van der Waals surface area contributed by atoms with Crippen LogP contribution in [-0.2, 0) is 11.3 Å². The summed E-state index contributed by atoms with van der Waals surface area (Å²) in [5, 5.41) is 0. The summed E-state index contributed by atoms with van der Waals surface area (Å²) in [4.78, 5) is 29.2. The fraction of sp³-hybridized carbons (Fsp3) is 0.364. The summed E-state index contributed by atoms with van der Waals surface area (Å²) in [5.74, 6) is -2.03. The molecule has 0 bridgehead atoms. The molecule has 0 unspecified atom stereocenters. The van der Waals surface area contributed by atoms with Crippen LogP contribution in [0.15, 0.2) is 36.4 Å². The lowest BCUT2D eigenvalue weighted by Gasteiger charge is -2.37. The number of ketones is 1. The Morgan fingerprint density at radius 3 is 2.27 bits per heavy atom. The molecule has 1 amide bonds. The molecule has 0 atom stereocenters. The van der Waals surface area contributed by atoms with Gasteiger partial charge in [0.15, 0.2) is 5.78 Å². The van der Waals surface area contributed by atoms with Crippen molar-refractivity contribution in [2.75, 3.05) is 44.7 Å². The lowest BCUT2D eigenvalue weighted by Crippen LogP contribution is -2.51. The van der Waals surface area contributed by atoms with Crippen molar-refractivity contribution in [2.45, 2.75) is 13.5 Å². The number of hydrogen-bond acceptors (Lipinski definition) is 4. The highest BCUT2D eigenvalue weighted by atomic mass is 19.1. The van der Waals surface area contributed by atoms with Gasteiger partial charge in [-0.05, 0) is 38.2 Å². The van der Waals surface area contributed by atoms with E-state index in [4.69, 9.17) is 0 Å². The minimum atomic E-state index is -0.639. The number of benzene rings is 2. The summed E-state index contributed by atoms with van der Waals surface area (Å²) in [6.45, 7) is 3.48. The van der Waals surface area contributed by atoms with E-state index < -0.39 is 17.5 Å². The maximum absolute atomic E-state index is 14.4. The molecule has 8 heteroatoms. The fourth-order valence-corrected chi connectivity index (χ4v) is 3.51. The number of hydrogen-bond donors (Lipinski definition) is 0. The van der Waals surface area contributed by atoms with Gasteiger partial charge in [-0.3, -0.25) is 14.5 Å². The van der Waals surface area contributed by atoms with Crippen LogP contribution in [0.4, 0.5) is 18.9 Å². The molecule has 0 spiro atoms. The number of nitrogens with zero attached hydrogens (tertiary/aromatic N) is 3. The summed E-state index contributed by atoms with van der Waals surface area (Å²) in [6, 6.07) is 7.81. The topological polar surface area (TPSA) is 43.9 Å². The Morgan fingerprint density at radius 1 is 0.967 bits per heavy atom. The minimum absolute atomic E-state index is 0.0957. The quantitative estimate of drug-likeness (QED) is 0.675. The summed E-state index contributed by atoms with van der Waals surface area (Å²) >= 11 is 0. The lowest BCUT2D eigenvalue weighted by molar-refractivity contribution is -0.132. The van der Waals surface area contributed by atoms with Crippen LogP contribution in [0.25, 0.3) is 0 Å². The molecule has 2 aromatic carbocycles. The Bertz CT molecular complexity index is 943. The van der Waals surface area contributed by atoms with Gasteiger partial charge >= 0.3 is 0 Å². The van der Waals surface area contributed by atoms with Gasteiger partial charge in [-0.2, -0.15) is 0 Å². The summed E-state index contributed by atoms with van der Waals surface area (Å²) in [6.07, 6.45) is 0. The third-order valence-electron chi connectivity index (χ3n) is 5.19. The van der Waals surface area contributed by atoms with Gasteiger partial charge in [0.05, 0.1) is 12.2 Å². The standard InChI is InChI=1S/C22H24F3N3O2/c1-15(29)16-4-6-21(20(25)11-16)27-7-9-28(10-8-27)22(30)14-26(2)13-17-3-5-18(23)12-19(17)24/h3-6,11-12H,7-10,13-14H2,1-2H3. The molecule has 1 aliphatic heterocycles. The highest BCUT2D eigenvalue weighted by Crippen LogP contribution is 2.22. The van der Waals surface area contributed by atoms with Crippen molar-refractivity contribution in [3.05, 3.63) is 65.0 Å². The number of amides is 1. The van der Waals surface area contributed by atoms with E-state index in [1.54, 1.807) is 29.0 Å². The van der Waals surface area contributed by atoms with Gasteiger partial charge in [-0.1, -0.05) is 6.07 Å². The van der Waals surface area contributed by atoms with Crippen molar-refractivity contribution < 1.29 is 22.8 Å². The first kappa shape index (κ1) is 21.8. The molecule has 160 valence electrons. The molecule has 0 aromatic heterocycles. The minimum Gasteiger partial charge on any atom is -0.366 e. The van der Waals surface area contributed by atoms with Crippen molar-refractivity contribution in [1.29, 1.82) is 0 Å². The molecule has 5 nitrogen and oxygen atoms in total. The second-order valence-electron chi connectivity index (χ2n) is 7.50. The van der Waals surface area contributed by atoms with Crippen LogP contribution >= 0.6 is 0 Å². The van der Waals surface area contributed by atoms with Gasteiger partial charge in [0.2, 0.25) is 5.91 Å². The number of carbonyl (C=O) groups excluding carboxylic acids is 2. The molecular formula is C22H24F3N3O2. The zero-order valence-corrected chi connectivity index (χ0v) is 17.0. The van der Waals surface area contributed by atoms with E-state index in [1.807, 2.05) is 4.90 Å². The first-order valence-corrected chi connectivity index (χ1v) is 9.70. The SMILES string of the molecule is CC(=O)c1ccc(N2CCN(C(=O)CN(C)Cc3ccc(F)cc3F)CC2)c(F)c1. The number of likely N-dealkylation sites (N-methyl/N-ethyl adjacent to an activating group) is 1. The number of rotatable bonds is 6. The van der Waals surface area contributed by atoms with Crippen LogP contribution < -0.4 is 4.90 Å². The largest absolute Gasteiger partial charge is 0.366 e. The van der Waals surface area contributed by atoms with Crippen molar-refractivity contribution in [3.63, 3.8) is 0 Å². The lowest BCUT2D eigenvalue weighted by atomic mass is 10.1. The van der Waals surface area contributed by atoms with Crippen LogP contribution in [0.5, 0.6) is 0 Å². The van der Waals surface area contributed by atoms with Crippen molar-refractivity contribution in [1.82, 2.24) is 9.80 Å². The maximum atomic E-state index is 14.4. The zero-order valence-electron chi connectivity index (χ0n) is 17.0. The smallest absolute Gasteiger partial charge is 0.236 e. The summed E-state index contributed by atoms with van der Waals surface area (Å²) in [5.41, 5.74) is 1.06. The number of anilines is 1. The van der Waals surface area contributed by atoms with Gasteiger partial charge in [-0.25, -0.2) is 13.2 Å². The van der Waals surface area contributed by atoms with Crippen LogP contribution in [0, 0.1) is 17.5 Å². The predicted octanol–water partition coefficient (Wildman–Crippen LogP) is 3.09. The van der Waals surface area contributed by atoms with E-state index in [9.17, 15) is 22.8 Å². The Kier molecular flexibility index (Phi) is 6.77. The number of halogens is 3. The predicted molar refractivity (Wildman–Crippen MR) is 108 cm³/mol. The van der Waals surface area contributed by atoms with Gasteiger partial charge < -0.3 is 9.80 Å². The number of carbonyl (C=O) groups is 2. The molecule has 1 saturated heterocycles.